The van der Waals surface area contributed by atoms with Gasteiger partial charge in [0.15, 0.2) is 0 Å². The minimum Gasteiger partial charge on any atom is -0.392 e. The molecule has 0 unspecified atom stereocenters. The molecule has 0 atom stereocenters. The van der Waals surface area contributed by atoms with E-state index in [0.717, 1.165) is 6.54 Å². The number of thiocarbonyl (C=S) groups is 1. The average molecular weight is 320 g/mol. The summed E-state index contributed by atoms with van der Waals surface area (Å²) in [5.41, 5.74) is 6.74. The predicted molar refractivity (Wildman–Crippen MR) is 72.3 cm³/mol. The lowest BCUT2D eigenvalue weighted by molar-refractivity contribution is 0.374. The van der Waals surface area contributed by atoms with E-state index in [1.165, 1.54) is 9.13 Å². The van der Waals surface area contributed by atoms with Crippen molar-refractivity contribution in [2.45, 2.75) is 6.54 Å². The van der Waals surface area contributed by atoms with Gasteiger partial charge in [0.05, 0.1) is 4.99 Å². The normalized spacial score (nSPS) is 10.5. The zero-order chi connectivity index (χ0) is 10.6. The Bertz CT molecular complexity index is 310. The van der Waals surface area contributed by atoms with Crippen LogP contribution in [0.1, 0.15) is 5.56 Å². The molecule has 0 fully saturated rings. The molecule has 2 N–H and O–H groups in total. The summed E-state index contributed by atoms with van der Waals surface area (Å²) in [6.07, 6.45) is 0. The third-order valence-corrected chi connectivity index (χ3v) is 2.64. The second-order valence-corrected chi connectivity index (χ2v) is 5.04. The fraction of sp³-hybridized carbons (Fsp3) is 0.300. The lowest BCUT2D eigenvalue weighted by Crippen LogP contribution is -2.28. The van der Waals surface area contributed by atoms with Gasteiger partial charge in [0, 0.05) is 16.7 Å². The maximum atomic E-state index is 5.46. The van der Waals surface area contributed by atoms with Crippen molar-refractivity contribution < 1.29 is 0 Å². The first-order chi connectivity index (χ1) is 6.58. The van der Waals surface area contributed by atoms with E-state index in [1.807, 2.05) is 7.05 Å². The molecule has 4 heteroatoms. The second-order valence-electron chi connectivity index (χ2n) is 3.27. The van der Waals surface area contributed by atoms with Gasteiger partial charge < -0.3 is 5.73 Å². The fourth-order valence-corrected chi connectivity index (χ4v) is 1.80. The van der Waals surface area contributed by atoms with E-state index >= 15 is 0 Å². The van der Waals surface area contributed by atoms with Crippen molar-refractivity contribution in [2.75, 3.05) is 13.6 Å². The molecular formula is C10H13IN2S. The van der Waals surface area contributed by atoms with Crippen LogP contribution >= 0.6 is 34.8 Å². The Kier molecular flexibility index (Phi) is 4.77. The Hall–Kier alpha value is -0.200. The molecule has 1 aromatic rings. The standard InChI is InChI=1S/C10H13IN2S/c1-13(7-10(12)14)6-8-2-4-9(11)5-3-8/h2-5H,6-7H2,1H3,(H2,12,14). The number of likely N-dealkylation sites (N-methyl/N-ethyl adjacent to an activating group) is 1. The summed E-state index contributed by atoms with van der Waals surface area (Å²) >= 11 is 7.14. The van der Waals surface area contributed by atoms with Crippen LogP contribution in [0.5, 0.6) is 0 Å². The Morgan fingerprint density at radius 1 is 1.43 bits per heavy atom. The van der Waals surface area contributed by atoms with Gasteiger partial charge in [-0.2, -0.15) is 0 Å². The lowest BCUT2D eigenvalue weighted by Gasteiger charge is -2.15. The summed E-state index contributed by atoms with van der Waals surface area (Å²) in [7, 11) is 2.01. The summed E-state index contributed by atoms with van der Waals surface area (Å²) < 4.78 is 1.25. The predicted octanol–water partition coefficient (Wildman–Crippen LogP) is 2.01. The van der Waals surface area contributed by atoms with E-state index < -0.39 is 0 Å². The van der Waals surface area contributed by atoms with Crippen LogP contribution < -0.4 is 5.73 Å². The summed E-state index contributed by atoms with van der Waals surface area (Å²) in [5.74, 6) is 0. The minimum atomic E-state index is 0.540. The molecule has 0 aliphatic rings. The smallest absolute Gasteiger partial charge is 0.0870 e. The maximum absolute atomic E-state index is 5.46. The molecule has 0 amide bonds. The van der Waals surface area contributed by atoms with Crippen molar-refractivity contribution in [3.8, 4) is 0 Å². The van der Waals surface area contributed by atoms with Gasteiger partial charge in [0.25, 0.3) is 0 Å². The van der Waals surface area contributed by atoms with E-state index in [-0.39, 0.29) is 0 Å². The van der Waals surface area contributed by atoms with E-state index in [2.05, 4.69) is 51.8 Å². The van der Waals surface area contributed by atoms with Crippen LogP contribution in [-0.4, -0.2) is 23.5 Å². The molecule has 0 radical (unpaired) electrons. The minimum absolute atomic E-state index is 0.540. The van der Waals surface area contributed by atoms with E-state index in [9.17, 15) is 0 Å². The summed E-state index contributed by atoms with van der Waals surface area (Å²) in [5, 5.41) is 0. The fourth-order valence-electron chi connectivity index (χ4n) is 1.22. The van der Waals surface area contributed by atoms with Crippen LogP contribution in [0.3, 0.4) is 0 Å². The Morgan fingerprint density at radius 2 is 2.00 bits per heavy atom. The first-order valence-electron chi connectivity index (χ1n) is 4.29. The molecule has 0 saturated carbocycles. The topological polar surface area (TPSA) is 29.3 Å². The Labute approximate surface area is 104 Å². The van der Waals surface area contributed by atoms with Gasteiger partial charge in [-0.3, -0.25) is 4.90 Å². The number of nitrogens with two attached hydrogens (primary N) is 1. The van der Waals surface area contributed by atoms with Crippen LogP contribution in [0.25, 0.3) is 0 Å². The van der Waals surface area contributed by atoms with Gasteiger partial charge in [-0.05, 0) is 47.3 Å². The molecule has 0 bridgehead atoms. The van der Waals surface area contributed by atoms with E-state index in [4.69, 9.17) is 18.0 Å². The molecule has 0 aromatic heterocycles. The number of hydrogen-bond donors (Lipinski definition) is 1. The van der Waals surface area contributed by atoms with Crippen LogP contribution in [0.2, 0.25) is 0 Å². The highest BCUT2D eigenvalue weighted by Crippen LogP contribution is 2.08. The van der Waals surface area contributed by atoms with Crippen LogP contribution in [-0.2, 0) is 6.54 Å². The average Bonchev–Trinajstić information content (AvgIpc) is 2.07. The highest BCUT2D eigenvalue weighted by atomic mass is 127. The lowest BCUT2D eigenvalue weighted by atomic mass is 10.2. The van der Waals surface area contributed by atoms with Gasteiger partial charge in [0.2, 0.25) is 0 Å². The number of nitrogens with zero attached hydrogens (tertiary/aromatic N) is 1. The number of hydrogen-bond acceptors (Lipinski definition) is 2. The molecule has 2 nitrogen and oxygen atoms in total. The molecular weight excluding hydrogens is 307 g/mol. The summed E-state index contributed by atoms with van der Waals surface area (Å²) in [6, 6.07) is 8.45. The molecule has 0 heterocycles. The largest absolute Gasteiger partial charge is 0.392 e. The molecule has 0 aliphatic carbocycles. The van der Waals surface area contributed by atoms with Crippen molar-refractivity contribution in [3.05, 3.63) is 33.4 Å². The number of rotatable bonds is 4. The molecule has 0 aliphatic heterocycles. The van der Waals surface area contributed by atoms with E-state index in [1.54, 1.807) is 0 Å². The first kappa shape index (κ1) is 11.9. The van der Waals surface area contributed by atoms with Crippen LogP contribution in [0.4, 0.5) is 0 Å². The van der Waals surface area contributed by atoms with Crippen molar-refractivity contribution in [3.63, 3.8) is 0 Å². The highest BCUT2D eigenvalue weighted by molar-refractivity contribution is 14.1. The summed E-state index contributed by atoms with van der Waals surface area (Å²) in [6.45, 7) is 1.55. The SMILES string of the molecule is CN(CC(N)=S)Cc1ccc(I)cc1. The quantitative estimate of drug-likeness (QED) is 0.680. The first-order valence-corrected chi connectivity index (χ1v) is 5.78. The van der Waals surface area contributed by atoms with Crippen molar-refractivity contribution in [2.24, 2.45) is 5.73 Å². The van der Waals surface area contributed by atoms with Crippen LogP contribution in [0, 0.1) is 3.57 Å². The zero-order valence-corrected chi connectivity index (χ0v) is 11.0. The molecule has 0 saturated heterocycles. The third-order valence-electron chi connectivity index (χ3n) is 1.79. The van der Waals surface area contributed by atoms with Gasteiger partial charge in [0.1, 0.15) is 0 Å². The zero-order valence-electron chi connectivity index (χ0n) is 8.03. The van der Waals surface area contributed by atoms with Gasteiger partial charge in [-0.25, -0.2) is 0 Å². The molecule has 1 rings (SSSR count). The van der Waals surface area contributed by atoms with Gasteiger partial charge >= 0.3 is 0 Å². The Balaban J connectivity index is 2.51. The maximum Gasteiger partial charge on any atom is 0.0870 e. The molecule has 76 valence electrons. The number of halogens is 1. The van der Waals surface area contributed by atoms with Gasteiger partial charge in [-0.1, -0.05) is 24.4 Å². The second kappa shape index (κ2) is 5.63. The highest BCUT2D eigenvalue weighted by Gasteiger charge is 2.00. The van der Waals surface area contributed by atoms with Gasteiger partial charge in [-0.15, -0.1) is 0 Å². The molecule has 0 spiro atoms. The van der Waals surface area contributed by atoms with Crippen LogP contribution in [0.15, 0.2) is 24.3 Å². The Morgan fingerprint density at radius 3 is 2.50 bits per heavy atom. The van der Waals surface area contributed by atoms with Crippen molar-refractivity contribution in [1.29, 1.82) is 0 Å². The molecule has 14 heavy (non-hydrogen) atoms. The monoisotopic (exact) mass is 320 g/mol. The number of benzene rings is 1. The van der Waals surface area contributed by atoms with Crippen molar-refractivity contribution >= 4 is 39.8 Å². The van der Waals surface area contributed by atoms with Crippen molar-refractivity contribution in [1.82, 2.24) is 4.90 Å². The van der Waals surface area contributed by atoms with E-state index in [0.29, 0.717) is 11.5 Å². The third kappa shape index (κ3) is 4.34. The molecule has 1 aromatic carbocycles. The summed E-state index contributed by atoms with van der Waals surface area (Å²) in [4.78, 5) is 2.64.